The van der Waals surface area contributed by atoms with Gasteiger partial charge in [0.1, 0.15) is 11.3 Å². The number of hydrogen-bond donors (Lipinski definition) is 2. The Labute approximate surface area is 108 Å². The molecule has 1 saturated heterocycles. The highest BCUT2D eigenvalue weighted by Gasteiger charge is 2.50. The van der Waals surface area contributed by atoms with Crippen LogP contribution >= 0.6 is 0 Å². The first-order valence-electron chi connectivity index (χ1n) is 6.39. The fraction of sp³-hybridized carbons (Fsp3) is 0.769. The molecule has 0 unspecified atom stereocenters. The van der Waals surface area contributed by atoms with Crippen molar-refractivity contribution in [2.24, 2.45) is 17.3 Å². The minimum absolute atomic E-state index is 0.124. The molecule has 1 aliphatic rings. The number of nitrogens with zero attached hydrogens (tertiary/aromatic N) is 1. The molecule has 5 heteroatoms. The lowest BCUT2D eigenvalue weighted by Crippen LogP contribution is -2.63. The van der Waals surface area contributed by atoms with E-state index in [-0.39, 0.29) is 23.6 Å². The number of hydrogen-bond acceptors (Lipinski definition) is 3. The van der Waals surface area contributed by atoms with E-state index in [9.17, 15) is 9.59 Å². The average molecular weight is 253 g/mol. The molecule has 0 aromatic heterocycles. The van der Waals surface area contributed by atoms with Crippen LogP contribution in [0.2, 0.25) is 0 Å². The van der Waals surface area contributed by atoms with Crippen LogP contribution in [0.1, 0.15) is 40.5 Å². The van der Waals surface area contributed by atoms with Gasteiger partial charge in [0.05, 0.1) is 0 Å². The van der Waals surface area contributed by atoms with Gasteiger partial charge in [-0.25, -0.2) is 4.79 Å². The maximum atomic E-state index is 12.3. The summed E-state index contributed by atoms with van der Waals surface area (Å²) in [7, 11) is 1.54. The molecule has 3 amide bonds. The summed E-state index contributed by atoms with van der Waals surface area (Å²) in [6.07, 6.45) is 1.18. The summed E-state index contributed by atoms with van der Waals surface area (Å²) in [4.78, 5) is 25.0. The summed E-state index contributed by atoms with van der Waals surface area (Å²) < 4.78 is 0. The van der Waals surface area contributed by atoms with Crippen LogP contribution in [-0.2, 0) is 4.79 Å². The molecule has 1 rings (SSSR count). The molecule has 18 heavy (non-hydrogen) atoms. The molecule has 1 fully saturated rings. The van der Waals surface area contributed by atoms with Crippen molar-refractivity contribution in [3.05, 3.63) is 0 Å². The lowest BCUT2D eigenvalue weighted by molar-refractivity contribution is -0.129. The molecule has 0 aliphatic carbocycles. The summed E-state index contributed by atoms with van der Waals surface area (Å²) in [6, 6.07) is -0.506. The van der Waals surface area contributed by atoms with Gasteiger partial charge in [-0.3, -0.25) is 20.4 Å². The van der Waals surface area contributed by atoms with Crippen LogP contribution in [0.25, 0.3) is 0 Å². The number of nitrogens with one attached hydrogen (secondary N) is 2. The Morgan fingerprint density at radius 3 is 2.00 bits per heavy atom. The van der Waals surface area contributed by atoms with Crippen LogP contribution in [0.15, 0.2) is 0 Å². The Balaban J connectivity index is 3.17. The van der Waals surface area contributed by atoms with Crippen molar-refractivity contribution in [1.29, 1.82) is 5.41 Å². The zero-order chi connectivity index (χ0) is 14.1. The number of imide groups is 1. The van der Waals surface area contributed by atoms with E-state index >= 15 is 0 Å². The Morgan fingerprint density at radius 2 is 1.61 bits per heavy atom. The van der Waals surface area contributed by atoms with E-state index in [2.05, 4.69) is 5.32 Å². The SMILES string of the molecule is CC(C)CC1(CC(C)C)C(=N)N(C)C(=O)NC1=O. The molecule has 0 aromatic carbocycles. The number of amidine groups is 1. The van der Waals surface area contributed by atoms with Crippen LogP contribution in [-0.4, -0.2) is 29.7 Å². The molecule has 0 radical (unpaired) electrons. The standard InChI is InChI=1S/C13H23N3O2/c1-8(2)6-13(7-9(3)4)10(14)16(5)12(18)15-11(13)17/h8-9,14H,6-7H2,1-5H3,(H,15,17,18). The van der Waals surface area contributed by atoms with E-state index in [0.717, 1.165) is 0 Å². The third-order valence-electron chi connectivity index (χ3n) is 3.26. The highest BCUT2D eigenvalue weighted by molar-refractivity contribution is 6.19. The second-order valence-electron chi connectivity index (χ2n) is 5.94. The molecule has 0 saturated carbocycles. The van der Waals surface area contributed by atoms with Crippen molar-refractivity contribution in [3.63, 3.8) is 0 Å². The molecule has 0 atom stereocenters. The number of urea groups is 1. The quantitative estimate of drug-likeness (QED) is 0.806. The Bertz CT molecular complexity index is 364. The molecule has 0 spiro atoms. The highest BCUT2D eigenvalue weighted by atomic mass is 16.2. The Hall–Kier alpha value is -1.39. The van der Waals surface area contributed by atoms with Crippen molar-refractivity contribution in [2.75, 3.05) is 7.05 Å². The summed E-state index contributed by atoms with van der Waals surface area (Å²) in [5.41, 5.74) is -0.870. The highest BCUT2D eigenvalue weighted by Crippen LogP contribution is 2.38. The van der Waals surface area contributed by atoms with E-state index in [4.69, 9.17) is 5.41 Å². The van der Waals surface area contributed by atoms with E-state index in [0.29, 0.717) is 12.8 Å². The zero-order valence-corrected chi connectivity index (χ0v) is 11.8. The molecular formula is C13H23N3O2. The first-order chi connectivity index (χ1) is 8.20. The molecule has 1 heterocycles. The van der Waals surface area contributed by atoms with Gasteiger partial charge in [0, 0.05) is 7.05 Å². The molecule has 2 N–H and O–H groups in total. The third-order valence-corrected chi connectivity index (χ3v) is 3.26. The minimum Gasteiger partial charge on any atom is -0.287 e. The molecule has 102 valence electrons. The molecule has 5 nitrogen and oxygen atoms in total. The zero-order valence-electron chi connectivity index (χ0n) is 11.8. The second-order valence-corrected chi connectivity index (χ2v) is 5.94. The molecule has 0 aromatic rings. The fourth-order valence-corrected chi connectivity index (χ4v) is 2.69. The van der Waals surface area contributed by atoms with Crippen molar-refractivity contribution < 1.29 is 9.59 Å². The summed E-state index contributed by atoms with van der Waals surface area (Å²) in [5.74, 6) is 0.379. The van der Waals surface area contributed by atoms with Crippen molar-refractivity contribution in [3.8, 4) is 0 Å². The van der Waals surface area contributed by atoms with E-state index in [1.54, 1.807) is 7.05 Å². The number of carbonyl (C=O) groups is 2. The number of rotatable bonds is 4. The summed E-state index contributed by atoms with van der Waals surface area (Å²) in [5, 5.41) is 10.6. The molecule has 1 aliphatic heterocycles. The van der Waals surface area contributed by atoms with Gasteiger partial charge in [0.25, 0.3) is 0 Å². The van der Waals surface area contributed by atoms with Gasteiger partial charge in [-0.05, 0) is 24.7 Å². The van der Waals surface area contributed by atoms with Gasteiger partial charge in [0.15, 0.2) is 0 Å². The van der Waals surface area contributed by atoms with Gasteiger partial charge in [-0.15, -0.1) is 0 Å². The Kier molecular flexibility index (Phi) is 4.14. The fourth-order valence-electron chi connectivity index (χ4n) is 2.69. The molecule has 0 bridgehead atoms. The molecular weight excluding hydrogens is 230 g/mol. The Morgan fingerprint density at radius 1 is 1.17 bits per heavy atom. The normalized spacial score (nSPS) is 19.7. The van der Waals surface area contributed by atoms with Crippen molar-refractivity contribution in [1.82, 2.24) is 10.2 Å². The van der Waals surface area contributed by atoms with Crippen LogP contribution in [0.3, 0.4) is 0 Å². The topological polar surface area (TPSA) is 73.3 Å². The van der Waals surface area contributed by atoms with Crippen molar-refractivity contribution >= 4 is 17.8 Å². The van der Waals surface area contributed by atoms with Crippen LogP contribution in [0, 0.1) is 22.7 Å². The second kappa shape index (κ2) is 5.08. The van der Waals surface area contributed by atoms with Crippen LogP contribution in [0.5, 0.6) is 0 Å². The number of carbonyl (C=O) groups excluding carboxylic acids is 2. The predicted octanol–water partition coefficient (Wildman–Crippen LogP) is 2.22. The van der Waals surface area contributed by atoms with Crippen LogP contribution in [0.4, 0.5) is 4.79 Å². The summed E-state index contributed by atoms with van der Waals surface area (Å²) in [6.45, 7) is 8.11. The van der Waals surface area contributed by atoms with E-state index in [1.807, 2.05) is 27.7 Å². The largest absolute Gasteiger partial charge is 0.329 e. The van der Waals surface area contributed by atoms with Gasteiger partial charge >= 0.3 is 6.03 Å². The van der Waals surface area contributed by atoms with Crippen LogP contribution < -0.4 is 5.32 Å². The van der Waals surface area contributed by atoms with E-state index in [1.165, 1.54) is 4.90 Å². The lowest BCUT2D eigenvalue weighted by Gasteiger charge is -2.42. The third kappa shape index (κ3) is 2.54. The van der Waals surface area contributed by atoms with E-state index < -0.39 is 11.4 Å². The maximum Gasteiger partial charge on any atom is 0.329 e. The monoisotopic (exact) mass is 253 g/mol. The summed E-state index contributed by atoms with van der Waals surface area (Å²) >= 11 is 0. The first kappa shape index (κ1) is 14.7. The first-order valence-corrected chi connectivity index (χ1v) is 6.39. The maximum absolute atomic E-state index is 12.3. The number of amides is 3. The van der Waals surface area contributed by atoms with Crippen molar-refractivity contribution in [2.45, 2.75) is 40.5 Å². The van der Waals surface area contributed by atoms with Gasteiger partial charge in [-0.2, -0.15) is 0 Å². The smallest absolute Gasteiger partial charge is 0.287 e. The lowest BCUT2D eigenvalue weighted by atomic mass is 9.71. The minimum atomic E-state index is -0.870. The average Bonchev–Trinajstić information content (AvgIpc) is 2.22. The van der Waals surface area contributed by atoms with Gasteiger partial charge in [-0.1, -0.05) is 27.7 Å². The van der Waals surface area contributed by atoms with Gasteiger partial charge in [0.2, 0.25) is 5.91 Å². The van der Waals surface area contributed by atoms with Gasteiger partial charge < -0.3 is 0 Å². The predicted molar refractivity (Wildman–Crippen MR) is 70.4 cm³/mol.